The molecule has 0 aromatic heterocycles. The van der Waals surface area contributed by atoms with E-state index in [1.54, 1.807) is 0 Å². The Morgan fingerprint density at radius 2 is 0.829 bits per heavy atom. The van der Waals surface area contributed by atoms with Crippen LogP contribution in [0, 0.1) is 0 Å². The molecule has 0 saturated carbocycles. The molecule has 0 aliphatic carbocycles. The van der Waals surface area contributed by atoms with Crippen molar-refractivity contribution in [3.8, 4) is 0 Å². The Bertz CT molecular complexity index is 709. The molecule has 0 aromatic rings. The molecule has 0 fully saturated rings. The van der Waals surface area contributed by atoms with E-state index in [-0.39, 0.29) is 39.3 Å². The van der Waals surface area contributed by atoms with E-state index in [4.69, 9.17) is 10.2 Å². The summed E-state index contributed by atoms with van der Waals surface area (Å²) in [6.07, 6.45) is 2.55. The molecular formula is C20H33N5O10. The van der Waals surface area contributed by atoms with Crippen LogP contribution in [0.25, 0.3) is 0 Å². The Balaban J connectivity index is 5.23. The first-order chi connectivity index (χ1) is 16.4. The Kier molecular flexibility index (Phi) is 15.5. The van der Waals surface area contributed by atoms with Crippen molar-refractivity contribution in [1.29, 1.82) is 0 Å². The second kappa shape index (κ2) is 17.1. The van der Waals surface area contributed by atoms with Gasteiger partial charge in [-0.1, -0.05) is 12.2 Å². The maximum absolute atomic E-state index is 12.0. The van der Waals surface area contributed by atoms with Crippen LogP contribution >= 0.6 is 0 Å². The van der Waals surface area contributed by atoms with Gasteiger partial charge in [0.15, 0.2) is 0 Å². The first-order valence-electron chi connectivity index (χ1n) is 10.4. The number of amides is 2. The molecule has 0 unspecified atom stereocenters. The molecule has 0 bridgehead atoms. The van der Waals surface area contributed by atoms with E-state index in [0.717, 1.165) is 0 Å². The van der Waals surface area contributed by atoms with Gasteiger partial charge in [0, 0.05) is 26.2 Å². The number of hydrogen-bond donors (Lipinski definition) is 5. The zero-order valence-electron chi connectivity index (χ0n) is 19.4. The average Bonchev–Trinajstić information content (AvgIpc) is 2.74. The first kappa shape index (κ1) is 31.6. The molecule has 35 heavy (non-hydrogen) atoms. The lowest BCUT2D eigenvalue weighted by Gasteiger charge is -2.28. The van der Waals surface area contributed by atoms with Crippen LogP contribution in [0.4, 0.5) is 0 Å². The van der Waals surface area contributed by atoms with Crippen molar-refractivity contribution in [3.63, 3.8) is 0 Å². The number of hydrogen-bond acceptors (Lipinski definition) is 10. The van der Waals surface area contributed by atoms with Gasteiger partial charge in [0.05, 0.1) is 45.8 Å². The number of hydroxylamine groups is 4. The smallest absolute Gasteiger partial charge is 0.317 e. The molecule has 0 aliphatic heterocycles. The fraction of sp³-hybridized carbons (Fsp3) is 0.550. The predicted octanol–water partition coefficient (Wildman–Crippen LogP) is -2.05. The number of nitrogens with zero attached hydrogens (tertiary/aromatic N) is 5. The fourth-order valence-corrected chi connectivity index (χ4v) is 2.83. The standard InChI is InChI=1S/C20H33N5O10/c1-3-5-24(34)16(26)11-22(14-19(30)31)9-7-21(13-18(28)29)8-10-23(15-20(32)33)12-17(27)25(35)6-4-2/h3-4,34-35H,1-2,5-15H2,(H,28,29)(H,30,31)(H,32,33). The summed E-state index contributed by atoms with van der Waals surface area (Å²) >= 11 is 0. The monoisotopic (exact) mass is 503 g/mol. The number of rotatable bonds is 20. The predicted molar refractivity (Wildman–Crippen MR) is 120 cm³/mol. The van der Waals surface area contributed by atoms with Gasteiger partial charge >= 0.3 is 17.9 Å². The highest BCUT2D eigenvalue weighted by Gasteiger charge is 2.22. The zero-order valence-corrected chi connectivity index (χ0v) is 19.4. The van der Waals surface area contributed by atoms with E-state index in [1.807, 2.05) is 0 Å². The van der Waals surface area contributed by atoms with Gasteiger partial charge in [-0.3, -0.25) is 49.1 Å². The van der Waals surface area contributed by atoms with Crippen LogP contribution in [0.15, 0.2) is 25.3 Å². The molecule has 15 nitrogen and oxygen atoms in total. The van der Waals surface area contributed by atoms with Crippen LogP contribution in [-0.4, -0.2) is 152 Å². The van der Waals surface area contributed by atoms with E-state index in [1.165, 1.54) is 26.9 Å². The molecule has 0 heterocycles. The van der Waals surface area contributed by atoms with Crippen LogP contribution in [0.2, 0.25) is 0 Å². The largest absolute Gasteiger partial charge is 0.480 e. The Morgan fingerprint density at radius 1 is 0.543 bits per heavy atom. The van der Waals surface area contributed by atoms with Crippen LogP contribution in [0.3, 0.4) is 0 Å². The van der Waals surface area contributed by atoms with Crippen molar-refractivity contribution in [2.24, 2.45) is 0 Å². The second-order valence-corrected chi connectivity index (χ2v) is 7.41. The van der Waals surface area contributed by atoms with Crippen molar-refractivity contribution in [1.82, 2.24) is 24.8 Å². The van der Waals surface area contributed by atoms with Crippen LogP contribution < -0.4 is 0 Å². The first-order valence-corrected chi connectivity index (χ1v) is 10.4. The topological polar surface area (TPSA) is 203 Å². The van der Waals surface area contributed by atoms with Crippen molar-refractivity contribution >= 4 is 29.7 Å². The minimum Gasteiger partial charge on any atom is -0.480 e. The van der Waals surface area contributed by atoms with Crippen LogP contribution in [0.5, 0.6) is 0 Å². The van der Waals surface area contributed by atoms with Gasteiger partial charge in [0.2, 0.25) is 0 Å². The summed E-state index contributed by atoms with van der Waals surface area (Å²) in [4.78, 5) is 61.4. The molecule has 0 spiro atoms. The van der Waals surface area contributed by atoms with Gasteiger partial charge in [0.25, 0.3) is 11.8 Å². The third kappa shape index (κ3) is 15.2. The summed E-state index contributed by atoms with van der Waals surface area (Å²) in [5.41, 5.74) is 0. The van der Waals surface area contributed by atoms with Gasteiger partial charge in [-0.15, -0.1) is 13.2 Å². The van der Waals surface area contributed by atoms with E-state index >= 15 is 0 Å². The summed E-state index contributed by atoms with van der Waals surface area (Å²) < 4.78 is 0. The molecule has 0 aliphatic rings. The lowest BCUT2D eigenvalue weighted by molar-refractivity contribution is -0.165. The van der Waals surface area contributed by atoms with Gasteiger partial charge in [-0.25, -0.2) is 10.1 Å². The summed E-state index contributed by atoms with van der Waals surface area (Å²) in [6, 6.07) is 0. The molecule has 0 atom stereocenters. The molecular weight excluding hydrogens is 470 g/mol. The van der Waals surface area contributed by atoms with Crippen LogP contribution in [-0.2, 0) is 24.0 Å². The van der Waals surface area contributed by atoms with E-state index in [2.05, 4.69) is 13.2 Å². The Labute approximate surface area is 202 Å². The molecule has 0 saturated heterocycles. The summed E-state index contributed by atoms with van der Waals surface area (Å²) in [6.45, 7) is 3.79. The van der Waals surface area contributed by atoms with Crippen molar-refractivity contribution < 1.29 is 49.7 Å². The third-order valence-corrected chi connectivity index (χ3v) is 4.44. The number of carbonyl (C=O) groups is 5. The van der Waals surface area contributed by atoms with Gasteiger partial charge < -0.3 is 15.3 Å². The average molecular weight is 504 g/mol. The van der Waals surface area contributed by atoms with E-state index in [9.17, 15) is 39.5 Å². The molecule has 2 amide bonds. The second-order valence-electron chi connectivity index (χ2n) is 7.41. The highest BCUT2D eigenvalue weighted by Crippen LogP contribution is 1.99. The quantitative estimate of drug-likeness (QED) is 0.0691. The van der Waals surface area contributed by atoms with Crippen LogP contribution in [0.1, 0.15) is 0 Å². The lowest BCUT2D eigenvalue weighted by Crippen LogP contribution is -2.47. The molecule has 198 valence electrons. The normalized spacial score (nSPS) is 10.9. The molecule has 0 aromatic carbocycles. The number of carboxylic acid groups (broad SMARTS) is 3. The number of carboxylic acids is 3. The maximum atomic E-state index is 12.0. The SMILES string of the molecule is C=CCN(O)C(=O)CN(CCN(CCN(CC(=O)O)CC(=O)N(O)CC=C)CC(=O)O)CC(=O)O. The zero-order chi connectivity index (χ0) is 27.0. The Hall–Kier alpha value is -3.37. The molecule has 0 rings (SSSR count). The summed E-state index contributed by atoms with van der Waals surface area (Å²) in [5.74, 6) is -5.25. The Morgan fingerprint density at radius 3 is 1.11 bits per heavy atom. The summed E-state index contributed by atoms with van der Waals surface area (Å²) in [5, 5.41) is 47.3. The highest BCUT2D eigenvalue weighted by molar-refractivity contribution is 5.79. The van der Waals surface area contributed by atoms with Crippen molar-refractivity contribution in [2.45, 2.75) is 0 Å². The minimum absolute atomic E-state index is 0.0167. The third-order valence-electron chi connectivity index (χ3n) is 4.44. The molecule has 15 heteroatoms. The lowest BCUT2D eigenvalue weighted by atomic mass is 10.3. The number of carbonyl (C=O) groups excluding carboxylic acids is 2. The van der Waals surface area contributed by atoms with Crippen molar-refractivity contribution in [2.75, 3.05) is 72.0 Å². The van der Waals surface area contributed by atoms with E-state index in [0.29, 0.717) is 10.1 Å². The van der Waals surface area contributed by atoms with Gasteiger partial charge in [0.1, 0.15) is 0 Å². The van der Waals surface area contributed by atoms with Gasteiger partial charge in [-0.05, 0) is 0 Å². The highest BCUT2D eigenvalue weighted by atomic mass is 16.5. The maximum Gasteiger partial charge on any atom is 0.317 e. The molecule has 0 radical (unpaired) electrons. The summed E-state index contributed by atoms with van der Waals surface area (Å²) in [7, 11) is 0. The van der Waals surface area contributed by atoms with Crippen molar-refractivity contribution in [3.05, 3.63) is 25.3 Å². The van der Waals surface area contributed by atoms with Gasteiger partial charge in [-0.2, -0.15) is 0 Å². The minimum atomic E-state index is -1.24. The molecule has 5 N–H and O–H groups in total. The van der Waals surface area contributed by atoms with E-state index < -0.39 is 62.4 Å². The number of aliphatic carboxylic acids is 3. The fourth-order valence-electron chi connectivity index (χ4n) is 2.83.